The third kappa shape index (κ3) is 7.92. The van der Waals surface area contributed by atoms with E-state index in [1.54, 1.807) is 22.8 Å². The van der Waals surface area contributed by atoms with Crippen molar-refractivity contribution in [2.45, 2.75) is 104 Å². The van der Waals surface area contributed by atoms with Crippen LogP contribution in [0.15, 0.2) is 53.3 Å². The number of benzene rings is 2. The zero-order chi connectivity index (χ0) is 27.3. The Morgan fingerprint density at radius 1 is 0.895 bits per heavy atom. The fourth-order valence-electron chi connectivity index (χ4n) is 5.14. The lowest BCUT2D eigenvalue weighted by molar-refractivity contribution is -0.134. The van der Waals surface area contributed by atoms with Crippen LogP contribution in [-0.2, 0) is 4.79 Å². The lowest BCUT2D eigenvalue weighted by atomic mass is 10.1. The molecule has 0 spiro atoms. The SMILES string of the molecule is CCCCCCCCCC(=O)N(CCCCC)C(CC)c1nc2ccccc2c(=O)n1-c1cccc(Cl)c1. The van der Waals surface area contributed by atoms with Gasteiger partial charge in [0.25, 0.3) is 5.56 Å². The van der Waals surface area contributed by atoms with Crippen molar-refractivity contribution in [3.05, 3.63) is 69.7 Å². The number of fused-ring (bicyclic) bond motifs is 1. The van der Waals surface area contributed by atoms with Crippen molar-refractivity contribution in [1.29, 1.82) is 0 Å². The number of aromatic nitrogens is 2. The first kappa shape index (κ1) is 29.9. The molecule has 0 aliphatic heterocycles. The summed E-state index contributed by atoms with van der Waals surface area (Å²) < 4.78 is 1.66. The molecule has 0 saturated heterocycles. The third-order valence-corrected chi connectivity index (χ3v) is 7.48. The van der Waals surface area contributed by atoms with Crippen LogP contribution < -0.4 is 5.56 Å². The van der Waals surface area contributed by atoms with Gasteiger partial charge in [-0.3, -0.25) is 14.2 Å². The summed E-state index contributed by atoms with van der Waals surface area (Å²) in [5.74, 6) is 0.754. The molecule has 3 rings (SSSR count). The van der Waals surface area contributed by atoms with Crippen LogP contribution in [0.25, 0.3) is 16.6 Å². The van der Waals surface area contributed by atoms with Gasteiger partial charge >= 0.3 is 0 Å². The zero-order valence-electron chi connectivity index (χ0n) is 23.4. The van der Waals surface area contributed by atoms with Crippen molar-refractivity contribution >= 4 is 28.4 Å². The van der Waals surface area contributed by atoms with Gasteiger partial charge in [0.1, 0.15) is 5.82 Å². The van der Waals surface area contributed by atoms with Crippen LogP contribution in [0, 0.1) is 0 Å². The quantitative estimate of drug-likeness (QED) is 0.172. The molecule has 6 heteroatoms. The molecule has 0 bridgehead atoms. The Balaban J connectivity index is 1.97. The number of amides is 1. The fourth-order valence-corrected chi connectivity index (χ4v) is 5.33. The van der Waals surface area contributed by atoms with Crippen LogP contribution in [0.3, 0.4) is 0 Å². The molecule has 0 aliphatic carbocycles. The van der Waals surface area contributed by atoms with E-state index in [1.807, 2.05) is 35.2 Å². The molecule has 1 atom stereocenters. The number of carbonyl (C=O) groups excluding carboxylic acids is 1. The maximum absolute atomic E-state index is 13.8. The van der Waals surface area contributed by atoms with Gasteiger partial charge in [-0.25, -0.2) is 4.98 Å². The second-order valence-corrected chi connectivity index (χ2v) is 10.6. The minimum absolute atomic E-state index is 0.139. The molecular formula is C32H44ClN3O2. The average molecular weight is 538 g/mol. The summed E-state index contributed by atoms with van der Waals surface area (Å²) in [6.45, 7) is 7.14. The summed E-state index contributed by atoms with van der Waals surface area (Å²) in [7, 11) is 0. The van der Waals surface area contributed by atoms with E-state index in [2.05, 4.69) is 20.8 Å². The van der Waals surface area contributed by atoms with E-state index in [9.17, 15) is 9.59 Å². The van der Waals surface area contributed by atoms with Gasteiger partial charge in [0.15, 0.2) is 0 Å². The maximum atomic E-state index is 13.8. The lowest BCUT2D eigenvalue weighted by Crippen LogP contribution is -2.39. The fraction of sp³-hybridized carbons (Fsp3) is 0.531. The molecule has 0 aliphatic rings. The highest BCUT2D eigenvalue weighted by atomic mass is 35.5. The molecule has 2 aromatic carbocycles. The van der Waals surface area contributed by atoms with E-state index < -0.39 is 0 Å². The molecule has 206 valence electrons. The van der Waals surface area contributed by atoms with Gasteiger partial charge in [0.05, 0.1) is 22.6 Å². The van der Waals surface area contributed by atoms with Gasteiger partial charge in [0.2, 0.25) is 5.91 Å². The summed E-state index contributed by atoms with van der Waals surface area (Å²) in [5.41, 5.74) is 1.18. The number of halogens is 1. The van der Waals surface area contributed by atoms with E-state index in [1.165, 1.54) is 32.1 Å². The van der Waals surface area contributed by atoms with E-state index in [0.717, 1.165) is 32.1 Å². The second-order valence-electron chi connectivity index (χ2n) is 10.2. The minimum Gasteiger partial charge on any atom is -0.333 e. The topological polar surface area (TPSA) is 55.2 Å². The maximum Gasteiger partial charge on any atom is 0.266 e. The van der Waals surface area contributed by atoms with Gasteiger partial charge in [0, 0.05) is 18.0 Å². The van der Waals surface area contributed by atoms with Gasteiger partial charge in [-0.15, -0.1) is 0 Å². The van der Waals surface area contributed by atoms with Crippen LogP contribution in [0.2, 0.25) is 5.02 Å². The molecule has 0 saturated carbocycles. The second kappa shape index (κ2) is 15.7. The third-order valence-electron chi connectivity index (χ3n) is 7.25. The number of rotatable bonds is 16. The Bertz CT molecular complexity index is 1220. The van der Waals surface area contributed by atoms with Gasteiger partial charge in [-0.1, -0.05) is 102 Å². The molecule has 1 unspecified atom stereocenters. The lowest BCUT2D eigenvalue weighted by Gasteiger charge is -2.32. The number of hydrogen-bond acceptors (Lipinski definition) is 3. The highest BCUT2D eigenvalue weighted by Crippen LogP contribution is 2.28. The molecule has 5 nitrogen and oxygen atoms in total. The van der Waals surface area contributed by atoms with E-state index in [4.69, 9.17) is 16.6 Å². The van der Waals surface area contributed by atoms with Crippen molar-refractivity contribution in [1.82, 2.24) is 14.5 Å². The zero-order valence-corrected chi connectivity index (χ0v) is 24.2. The summed E-state index contributed by atoms with van der Waals surface area (Å²) >= 11 is 6.34. The molecule has 0 N–H and O–H groups in total. The molecule has 3 aromatic rings. The molecule has 0 radical (unpaired) electrons. The van der Waals surface area contributed by atoms with E-state index >= 15 is 0 Å². The van der Waals surface area contributed by atoms with Gasteiger partial charge in [-0.2, -0.15) is 0 Å². The Labute approximate surface area is 233 Å². The van der Waals surface area contributed by atoms with Crippen LogP contribution in [-0.4, -0.2) is 26.9 Å². The molecule has 1 aromatic heterocycles. The number of hydrogen-bond donors (Lipinski definition) is 0. The monoisotopic (exact) mass is 537 g/mol. The molecule has 1 amide bonds. The van der Waals surface area contributed by atoms with Crippen molar-refractivity contribution in [3.63, 3.8) is 0 Å². The molecular weight excluding hydrogens is 494 g/mol. The minimum atomic E-state index is -0.305. The van der Waals surface area contributed by atoms with E-state index in [0.29, 0.717) is 46.8 Å². The van der Waals surface area contributed by atoms with Crippen molar-refractivity contribution < 1.29 is 4.79 Å². The number of nitrogens with zero attached hydrogens (tertiary/aromatic N) is 3. The standard InChI is InChI=1S/C32H44ClN3O2/c1-4-7-9-10-11-12-13-22-30(37)35(23-16-8-5-2)29(6-3)31-34-28-21-15-14-20-27(28)32(38)36(31)26-19-17-18-25(33)24-26/h14-15,17-21,24,29H,4-13,16,22-23H2,1-3H3. The van der Waals surface area contributed by atoms with Crippen LogP contribution in [0.1, 0.15) is 110 Å². The summed E-state index contributed by atoms with van der Waals surface area (Å²) in [6.07, 6.45) is 12.5. The first-order valence-electron chi connectivity index (χ1n) is 14.6. The summed E-state index contributed by atoms with van der Waals surface area (Å²) in [6, 6.07) is 14.4. The normalized spacial score (nSPS) is 12.1. The first-order chi connectivity index (χ1) is 18.5. The summed E-state index contributed by atoms with van der Waals surface area (Å²) in [5, 5.41) is 1.11. The predicted molar refractivity (Wildman–Crippen MR) is 159 cm³/mol. The Kier molecular flexibility index (Phi) is 12.3. The predicted octanol–water partition coefficient (Wildman–Crippen LogP) is 8.65. The van der Waals surface area contributed by atoms with Crippen LogP contribution >= 0.6 is 11.6 Å². The molecule has 0 fully saturated rings. The Morgan fingerprint density at radius 2 is 1.58 bits per heavy atom. The summed E-state index contributed by atoms with van der Waals surface area (Å²) in [4.78, 5) is 34.5. The van der Waals surface area contributed by atoms with Crippen LogP contribution in [0.5, 0.6) is 0 Å². The van der Waals surface area contributed by atoms with Gasteiger partial charge < -0.3 is 4.90 Å². The molecule has 1 heterocycles. The highest BCUT2D eigenvalue weighted by Gasteiger charge is 2.28. The largest absolute Gasteiger partial charge is 0.333 e. The van der Waals surface area contributed by atoms with Gasteiger partial charge in [-0.05, 0) is 49.6 Å². The number of carbonyl (C=O) groups is 1. The Morgan fingerprint density at radius 3 is 2.29 bits per heavy atom. The van der Waals surface area contributed by atoms with Crippen molar-refractivity contribution in [3.8, 4) is 5.69 Å². The smallest absolute Gasteiger partial charge is 0.266 e. The van der Waals surface area contributed by atoms with Crippen molar-refractivity contribution in [2.24, 2.45) is 0 Å². The van der Waals surface area contributed by atoms with E-state index in [-0.39, 0.29) is 17.5 Å². The average Bonchev–Trinajstić information content (AvgIpc) is 2.92. The first-order valence-corrected chi connectivity index (χ1v) is 15.0. The number of unbranched alkanes of at least 4 members (excludes halogenated alkanes) is 8. The van der Waals surface area contributed by atoms with Crippen LogP contribution in [0.4, 0.5) is 0 Å². The Hall–Kier alpha value is -2.66. The number of para-hydroxylation sites is 1. The highest BCUT2D eigenvalue weighted by molar-refractivity contribution is 6.30. The van der Waals surface area contributed by atoms with Crippen molar-refractivity contribution in [2.75, 3.05) is 6.54 Å². The molecule has 38 heavy (non-hydrogen) atoms.